The van der Waals surface area contributed by atoms with E-state index in [2.05, 4.69) is 22.9 Å². The molecule has 1 aromatic rings. The average Bonchev–Trinajstić information content (AvgIpc) is 2.65. The van der Waals surface area contributed by atoms with Gasteiger partial charge in [-0.15, -0.1) is 0 Å². The normalized spacial score (nSPS) is 24.6. The largest absolute Gasteiger partial charge is 0.299 e. The molecular weight excluding hydrogens is 264 g/mol. The van der Waals surface area contributed by atoms with Crippen LogP contribution in [0.4, 0.5) is 0 Å². The molecule has 0 heterocycles. The summed E-state index contributed by atoms with van der Waals surface area (Å²) in [5.74, 6) is 1.47. The Morgan fingerprint density at radius 3 is 2.88 bits per heavy atom. The first-order chi connectivity index (χ1) is 7.65. The van der Waals surface area contributed by atoms with Gasteiger partial charge < -0.3 is 0 Å². The Morgan fingerprint density at radius 1 is 1.44 bits per heavy atom. The van der Waals surface area contributed by atoms with E-state index in [1.807, 2.05) is 24.3 Å². The Kier molecular flexibility index (Phi) is 3.80. The van der Waals surface area contributed by atoms with Gasteiger partial charge in [-0.1, -0.05) is 35.0 Å². The van der Waals surface area contributed by atoms with Gasteiger partial charge in [0.2, 0.25) is 0 Å². The Morgan fingerprint density at radius 2 is 2.25 bits per heavy atom. The Labute approximate surface area is 105 Å². The van der Waals surface area contributed by atoms with Crippen molar-refractivity contribution in [3.8, 4) is 0 Å². The Hall–Kier alpha value is -0.630. The van der Waals surface area contributed by atoms with E-state index < -0.39 is 0 Å². The number of ketones is 1. The summed E-state index contributed by atoms with van der Waals surface area (Å²) in [7, 11) is 0. The van der Waals surface area contributed by atoms with Crippen LogP contribution in [-0.2, 0) is 11.2 Å². The van der Waals surface area contributed by atoms with Gasteiger partial charge in [0, 0.05) is 16.8 Å². The predicted molar refractivity (Wildman–Crippen MR) is 69.4 cm³/mol. The van der Waals surface area contributed by atoms with Crippen LogP contribution < -0.4 is 0 Å². The zero-order valence-electron chi connectivity index (χ0n) is 9.58. The second-order valence-corrected chi connectivity index (χ2v) is 5.80. The molecule has 0 aliphatic heterocycles. The van der Waals surface area contributed by atoms with Gasteiger partial charge in [0.25, 0.3) is 0 Å². The maximum atomic E-state index is 12.1. The van der Waals surface area contributed by atoms with Crippen molar-refractivity contribution in [3.63, 3.8) is 0 Å². The lowest BCUT2D eigenvalue weighted by Gasteiger charge is -2.08. The summed E-state index contributed by atoms with van der Waals surface area (Å²) in [4.78, 5) is 12.1. The summed E-state index contributed by atoms with van der Waals surface area (Å²) in [6, 6.07) is 8.05. The molecule has 1 aromatic carbocycles. The lowest BCUT2D eigenvalue weighted by molar-refractivity contribution is -0.122. The predicted octanol–water partition coefficient (Wildman–Crippen LogP) is 4.00. The van der Waals surface area contributed by atoms with Crippen LogP contribution in [0.25, 0.3) is 0 Å². The quantitative estimate of drug-likeness (QED) is 0.818. The van der Waals surface area contributed by atoms with Gasteiger partial charge in [0.05, 0.1) is 0 Å². The first kappa shape index (κ1) is 11.8. The standard InChI is InChI=1S/C14H17BrO/c1-10-5-6-12(7-10)14(16)9-11-3-2-4-13(15)8-11/h2-4,8,10,12H,5-7,9H2,1H3. The number of rotatable bonds is 3. The van der Waals surface area contributed by atoms with Gasteiger partial charge in [-0.25, -0.2) is 0 Å². The lowest BCUT2D eigenvalue weighted by atomic mass is 9.96. The molecule has 0 radical (unpaired) electrons. The minimum atomic E-state index is 0.314. The van der Waals surface area contributed by atoms with E-state index in [1.165, 1.54) is 6.42 Å². The van der Waals surface area contributed by atoms with Crippen LogP contribution in [0.2, 0.25) is 0 Å². The number of hydrogen-bond donors (Lipinski definition) is 0. The number of halogens is 1. The molecule has 2 atom stereocenters. The molecule has 2 heteroatoms. The van der Waals surface area contributed by atoms with Crippen molar-refractivity contribution >= 4 is 21.7 Å². The summed E-state index contributed by atoms with van der Waals surface area (Å²) >= 11 is 3.43. The van der Waals surface area contributed by atoms with Gasteiger partial charge >= 0.3 is 0 Å². The Bertz CT molecular complexity index is 386. The van der Waals surface area contributed by atoms with Crippen LogP contribution >= 0.6 is 15.9 Å². The van der Waals surface area contributed by atoms with Crippen LogP contribution in [0.3, 0.4) is 0 Å². The summed E-state index contributed by atoms with van der Waals surface area (Å²) in [5.41, 5.74) is 1.12. The summed E-state index contributed by atoms with van der Waals surface area (Å²) < 4.78 is 1.05. The van der Waals surface area contributed by atoms with E-state index in [0.29, 0.717) is 18.1 Å². The highest BCUT2D eigenvalue weighted by Crippen LogP contribution is 2.31. The molecule has 0 bridgehead atoms. The van der Waals surface area contributed by atoms with E-state index in [4.69, 9.17) is 0 Å². The van der Waals surface area contributed by atoms with Crippen molar-refractivity contribution in [1.29, 1.82) is 0 Å². The smallest absolute Gasteiger partial charge is 0.140 e. The number of carbonyl (C=O) groups excluding carboxylic acids is 1. The topological polar surface area (TPSA) is 17.1 Å². The number of carbonyl (C=O) groups is 1. The molecule has 1 aliphatic rings. The second kappa shape index (κ2) is 5.13. The molecule has 2 unspecified atom stereocenters. The lowest BCUT2D eigenvalue weighted by Crippen LogP contribution is -2.13. The van der Waals surface area contributed by atoms with Crippen LogP contribution in [0.1, 0.15) is 31.7 Å². The monoisotopic (exact) mass is 280 g/mol. The van der Waals surface area contributed by atoms with Gasteiger partial charge in [-0.05, 0) is 42.9 Å². The summed E-state index contributed by atoms with van der Waals surface area (Å²) in [6.07, 6.45) is 3.99. The minimum Gasteiger partial charge on any atom is -0.299 e. The molecule has 0 aromatic heterocycles. The fraction of sp³-hybridized carbons (Fsp3) is 0.500. The maximum absolute atomic E-state index is 12.1. The maximum Gasteiger partial charge on any atom is 0.140 e. The van der Waals surface area contributed by atoms with Crippen LogP contribution in [0.5, 0.6) is 0 Å². The van der Waals surface area contributed by atoms with E-state index >= 15 is 0 Å². The first-order valence-electron chi connectivity index (χ1n) is 5.92. The highest BCUT2D eigenvalue weighted by molar-refractivity contribution is 9.10. The van der Waals surface area contributed by atoms with E-state index in [-0.39, 0.29) is 0 Å². The molecule has 16 heavy (non-hydrogen) atoms. The molecule has 0 N–H and O–H groups in total. The van der Waals surface area contributed by atoms with Crippen molar-refractivity contribution in [2.75, 3.05) is 0 Å². The van der Waals surface area contributed by atoms with E-state index in [0.717, 1.165) is 28.8 Å². The molecule has 0 saturated heterocycles. The van der Waals surface area contributed by atoms with Crippen molar-refractivity contribution in [2.45, 2.75) is 32.6 Å². The molecule has 0 amide bonds. The Balaban J connectivity index is 1.97. The molecule has 1 aliphatic carbocycles. The molecule has 1 nitrogen and oxygen atoms in total. The highest BCUT2D eigenvalue weighted by atomic mass is 79.9. The molecule has 2 rings (SSSR count). The molecule has 1 fully saturated rings. The van der Waals surface area contributed by atoms with E-state index in [1.54, 1.807) is 0 Å². The summed E-state index contributed by atoms with van der Waals surface area (Å²) in [5, 5.41) is 0. The van der Waals surface area contributed by atoms with Crippen molar-refractivity contribution in [3.05, 3.63) is 34.3 Å². The zero-order chi connectivity index (χ0) is 11.5. The molecule has 0 spiro atoms. The average molecular weight is 281 g/mol. The third kappa shape index (κ3) is 2.94. The second-order valence-electron chi connectivity index (χ2n) is 4.89. The fourth-order valence-corrected chi connectivity index (χ4v) is 2.94. The van der Waals surface area contributed by atoms with Crippen LogP contribution in [0, 0.1) is 11.8 Å². The molecular formula is C14H17BrO. The third-order valence-corrected chi connectivity index (χ3v) is 3.91. The number of hydrogen-bond acceptors (Lipinski definition) is 1. The third-order valence-electron chi connectivity index (χ3n) is 3.42. The van der Waals surface area contributed by atoms with Gasteiger partial charge in [-0.2, -0.15) is 0 Å². The van der Waals surface area contributed by atoms with Crippen LogP contribution in [-0.4, -0.2) is 5.78 Å². The number of benzene rings is 1. The molecule has 86 valence electrons. The molecule has 1 saturated carbocycles. The zero-order valence-corrected chi connectivity index (χ0v) is 11.2. The van der Waals surface area contributed by atoms with Crippen molar-refractivity contribution < 1.29 is 4.79 Å². The van der Waals surface area contributed by atoms with Crippen molar-refractivity contribution in [2.24, 2.45) is 11.8 Å². The minimum absolute atomic E-state index is 0.314. The van der Waals surface area contributed by atoms with E-state index in [9.17, 15) is 4.79 Å². The number of Topliss-reactive ketones (excluding diaryl/α,β-unsaturated/α-hetero) is 1. The first-order valence-corrected chi connectivity index (χ1v) is 6.71. The summed E-state index contributed by atoms with van der Waals surface area (Å²) in [6.45, 7) is 2.24. The fourth-order valence-electron chi connectivity index (χ4n) is 2.49. The van der Waals surface area contributed by atoms with Gasteiger partial charge in [0.1, 0.15) is 5.78 Å². The van der Waals surface area contributed by atoms with Gasteiger partial charge in [-0.3, -0.25) is 4.79 Å². The SMILES string of the molecule is CC1CCC(C(=O)Cc2cccc(Br)c2)C1. The van der Waals surface area contributed by atoms with Gasteiger partial charge in [0.15, 0.2) is 0 Å². The van der Waals surface area contributed by atoms with Crippen LogP contribution in [0.15, 0.2) is 28.7 Å². The van der Waals surface area contributed by atoms with Crippen molar-refractivity contribution in [1.82, 2.24) is 0 Å². The highest BCUT2D eigenvalue weighted by Gasteiger charge is 2.26.